The van der Waals surface area contributed by atoms with Crippen LogP contribution in [0, 0.1) is 0 Å². The average Bonchev–Trinajstić information content (AvgIpc) is 2.82. The van der Waals surface area contributed by atoms with Crippen molar-refractivity contribution in [1.82, 2.24) is 15.6 Å². The third-order valence-electron chi connectivity index (χ3n) is 4.27. The molecule has 2 aromatic rings. The third-order valence-corrected chi connectivity index (χ3v) is 5.71. The number of pyridine rings is 1. The molecule has 0 unspecified atom stereocenters. The number of benzene rings is 1. The molecule has 14 nitrogen and oxygen atoms in total. The summed E-state index contributed by atoms with van der Waals surface area (Å²) < 4.78 is 66.3. The zero-order valence-corrected chi connectivity index (χ0v) is 21.4. The zero-order valence-electron chi connectivity index (χ0n) is 19.8. The van der Waals surface area contributed by atoms with Gasteiger partial charge in [0, 0.05) is 13.1 Å². The van der Waals surface area contributed by atoms with E-state index in [1.165, 1.54) is 19.2 Å². The van der Waals surface area contributed by atoms with Gasteiger partial charge in [-0.05, 0) is 35.4 Å². The number of nitrogens with zero attached hydrogens (tertiary/aromatic N) is 1. The number of ether oxygens (including phenoxy) is 1. The molecule has 0 spiro atoms. The Morgan fingerprint density at radius 3 is 1.75 bits per heavy atom. The summed E-state index contributed by atoms with van der Waals surface area (Å²) in [6, 6.07) is 7.45. The summed E-state index contributed by atoms with van der Waals surface area (Å²) in [6.07, 6.45) is 0. The molecule has 0 fully saturated rings. The van der Waals surface area contributed by atoms with Gasteiger partial charge in [-0.2, -0.15) is 16.8 Å². The monoisotopic (exact) mass is 547 g/mol. The van der Waals surface area contributed by atoms with Gasteiger partial charge in [0.05, 0.1) is 24.3 Å². The number of hydrogen-bond acceptors (Lipinski definition) is 10. The summed E-state index contributed by atoms with van der Waals surface area (Å²) in [5.41, 5.74) is 3.24. The van der Waals surface area contributed by atoms with Crippen molar-refractivity contribution in [3.8, 4) is 16.9 Å². The van der Waals surface area contributed by atoms with E-state index >= 15 is 0 Å². The standard InChI is InChI=1S/C18H23N5O9S2.C2H6/c1-32-16-10-11(2-3-13(16)23-19)12-8-14(17(24)20-4-6-33(26,27)28)22-15(9-12)18(25)21-5-7-34(29,30)31;1-2/h2-3,8-10,23H,4-7,19H2,1H3,(H,20,24)(H,21,25)(H,26,27,28)(H,29,30,31);1-2H3. The van der Waals surface area contributed by atoms with Gasteiger partial charge < -0.3 is 20.8 Å². The molecule has 2 rings (SSSR count). The molecule has 0 aliphatic carbocycles. The van der Waals surface area contributed by atoms with Crippen LogP contribution in [0.3, 0.4) is 0 Å². The summed E-state index contributed by atoms with van der Waals surface area (Å²) in [5.74, 6) is 2.67. The molecule has 0 bridgehead atoms. The zero-order chi connectivity index (χ0) is 27.5. The predicted molar refractivity (Wildman–Crippen MR) is 133 cm³/mol. The fourth-order valence-electron chi connectivity index (χ4n) is 2.69. The van der Waals surface area contributed by atoms with Gasteiger partial charge in [0.2, 0.25) is 0 Å². The number of methoxy groups -OCH3 is 1. The van der Waals surface area contributed by atoms with Gasteiger partial charge in [-0.3, -0.25) is 24.5 Å². The number of nitrogens with two attached hydrogens (primary N) is 1. The Balaban J connectivity index is 0.00000316. The molecule has 1 aromatic carbocycles. The van der Waals surface area contributed by atoms with Crippen LogP contribution in [0.15, 0.2) is 30.3 Å². The highest BCUT2D eigenvalue weighted by Gasteiger charge is 2.18. The molecule has 1 heterocycles. The van der Waals surface area contributed by atoms with E-state index in [1.54, 1.807) is 18.2 Å². The summed E-state index contributed by atoms with van der Waals surface area (Å²) in [7, 11) is -7.21. The van der Waals surface area contributed by atoms with E-state index in [1.807, 2.05) is 13.8 Å². The number of rotatable bonds is 11. The van der Waals surface area contributed by atoms with E-state index in [0.717, 1.165) is 0 Å². The quantitative estimate of drug-likeness (QED) is 0.127. The van der Waals surface area contributed by atoms with Gasteiger partial charge >= 0.3 is 0 Å². The number of nitrogens with one attached hydrogen (secondary N) is 3. The lowest BCUT2D eigenvalue weighted by Crippen LogP contribution is -2.32. The highest BCUT2D eigenvalue weighted by Crippen LogP contribution is 2.30. The Kier molecular flexibility index (Phi) is 11.7. The molecule has 7 N–H and O–H groups in total. The van der Waals surface area contributed by atoms with Crippen LogP contribution < -0.4 is 26.6 Å². The van der Waals surface area contributed by atoms with Crippen molar-refractivity contribution in [3.63, 3.8) is 0 Å². The lowest BCUT2D eigenvalue weighted by atomic mass is 10.0. The highest BCUT2D eigenvalue weighted by atomic mass is 32.2. The first-order chi connectivity index (χ1) is 16.8. The second kappa shape index (κ2) is 13.7. The van der Waals surface area contributed by atoms with Crippen molar-refractivity contribution < 1.29 is 40.3 Å². The maximum atomic E-state index is 12.5. The average molecular weight is 548 g/mol. The van der Waals surface area contributed by atoms with Crippen molar-refractivity contribution >= 4 is 37.7 Å². The first-order valence-electron chi connectivity index (χ1n) is 10.5. The molecule has 0 aliphatic rings. The van der Waals surface area contributed by atoms with Gasteiger partial charge in [-0.15, -0.1) is 0 Å². The van der Waals surface area contributed by atoms with Crippen LogP contribution in [0.4, 0.5) is 5.69 Å². The van der Waals surface area contributed by atoms with Crippen molar-refractivity contribution in [2.24, 2.45) is 5.84 Å². The first-order valence-corrected chi connectivity index (χ1v) is 13.7. The van der Waals surface area contributed by atoms with Crippen LogP contribution >= 0.6 is 0 Å². The van der Waals surface area contributed by atoms with Crippen molar-refractivity contribution in [3.05, 3.63) is 41.7 Å². The van der Waals surface area contributed by atoms with E-state index in [2.05, 4.69) is 21.0 Å². The van der Waals surface area contributed by atoms with E-state index in [0.29, 0.717) is 22.6 Å². The first kappa shape index (κ1) is 30.7. The topological polar surface area (TPSA) is 227 Å². The number of carbonyl (C=O) groups excluding carboxylic acids is 2. The van der Waals surface area contributed by atoms with E-state index in [-0.39, 0.29) is 11.4 Å². The van der Waals surface area contributed by atoms with Crippen LogP contribution in [0.2, 0.25) is 0 Å². The Morgan fingerprint density at radius 1 is 0.889 bits per heavy atom. The molecule has 0 saturated heterocycles. The van der Waals surface area contributed by atoms with Crippen molar-refractivity contribution in [2.45, 2.75) is 13.8 Å². The molecule has 2 amide bonds. The molecule has 1 aromatic heterocycles. The van der Waals surface area contributed by atoms with E-state index < -0.39 is 56.6 Å². The third kappa shape index (κ3) is 10.1. The highest BCUT2D eigenvalue weighted by molar-refractivity contribution is 7.86. The lowest BCUT2D eigenvalue weighted by Gasteiger charge is -2.13. The maximum absolute atomic E-state index is 12.5. The summed E-state index contributed by atoms with van der Waals surface area (Å²) in [5, 5.41) is 4.54. The van der Waals surface area contributed by atoms with E-state index in [9.17, 15) is 26.4 Å². The van der Waals surface area contributed by atoms with Crippen LogP contribution in [0.1, 0.15) is 34.8 Å². The fraction of sp³-hybridized carbons (Fsp3) is 0.350. The maximum Gasteiger partial charge on any atom is 0.269 e. The van der Waals surface area contributed by atoms with Gasteiger partial charge in [0.15, 0.2) is 0 Å². The largest absolute Gasteiger partial charge is 0.495 e. The van der Waals surface area contributed by atoms with Crippen molar-refractivity contribution in [1.29, 1.82) is 0 Å². The molecule has 0 aliphatic heterocycles. The molecular weight excluding hydrogens is 518 g/mol. The molecule has 36 heavy (non-hydrogen) atoms. The molecule has 0 atom stereocenters. The minimum atomic E-state index is -4.31. The smallest absolute Gasteiger partial charge is 0.269 e. The van der Waals surface area contributed by atoms with Crippen LogP contribution in [-0.2, 0) is 20.2 Å². The summed E-state index contributed by atoms with van der Waals surface area (Å²) in [4.78, 5) is 29.0. The Bertz CT molecular complexity index is 1210. The minimum Gasteiger partial charge on any atom is -0.495 e. The summed E-state index contributed by atoms with van der Waals surface area (Å²) >= 11 is 0. The molecule has 0 saturated carbocycles. The van der Waals surface area contributed by atoms with Crippen LogP contribution in [-0.4, -0.2) is 74.4 Å². The lowest BCUT2D eigenvalue weighted by molar-refractivity contribution is 0.0947. The minimum absolute atomic E-state index is 0.257. The van der Waals surface area contributed by atoms with Gasteiger partial charge in [-0.25, -0.2) is 4.98 Å². The number of carbonyl (C=O) groups is 2. The van der Waals surface area contributed by atoms with Gasteiger partial charge in [0.25, 0.3) is 32.1 Å². The van der Waals surface area contributed by atoms with Crippen LogP contribution in [0.5, 0.6) is 5.75 Å². The SMILES string of the molecule is CC.COc1cc(-c2cc(C(=O)NCCS(=O)(=O)O)nc(C(=O)NCCS(=O)(=O)O)c2)ccc1NN. The Morgan fingerprint density at radius 2 is 1.36 bits per heavy atom. The number of hydrogen-bond donors (Lipinski definition) is 6. The molecule has 16 heteroatoms. The normalized spacial score (nSPS) is 11.1. The second-order valence-electron chi connectivity index (χ2n) is 6.77. The van der Waals surface area contributed by atoms with Gasteiger partial charge in [-0.1, -0.05) is 19.9 Å². The number of anilines is 1. The predicted octanol–water partition coefficient (Wildman–Crippen LogP) is 0.304. The number of amides is 2. The molecule has 200 valence electrons. The van der Waals surface area contributed by atoms with Gasteiger partial charge in [0.1, 0.15) is 17.1 Å². The molecule has 0 radical (unpaired) electrons. The number of hydrazine groups is 1. The van der Waals surface area contributed by atoms with Crippen LogP contribution in [0.25, 0.3) is 11.1 Å². The second-order valence-corrected chi connectivity index (χ2v) is 9.91. The number of aromatic nitrogens is 1. The fourth-order valence-corrected chi connectivity index (χ4v) is 3.41. The van der Waals surface area contributed by atoms with E-state index in [4.69, 9.17) is 19.7 Å². The molecular formula is C20H29N5O9S2. The van der Waals surface area contributed by atoms with Crippen molar-refractivity contribution in [2.75, 3.05) is 37.1 Å². The summed E-state index contributed by atoms with van der Waals surface area (Å²) in [6.45, 7) is 3.17. The number of nitrogen functional groups attached to an aromatic ring is 1. The Hall–Kier alpha value is -3.31. The Labute approximate surface area is 209 Å².